The Kier molecular flexibility index (Phi) is 5.01. The SMILES string of the molecule is C[C@H](C(=O)NCc1cc2n(n1)CCN(C1CCCCC1)C2)n1cncn1. The van der Waals surface area contributed by atoms with Crippen LogP contribution in [0.1, 0.15) is 56.5 Å². The molecule has 8 nitrogen and oxygen atoms in total. The zero-order chi connectivity index (χ0) is 17.9. The first-order valence-electron chi connectivity index (χ1n) is 9.62. The van der Waals surface area contributed by atoms with E-state index in [2.05, 4.69) is 36.1 Å². The minimum absolute atomic E-state index is 0.0784. The van der Waals surface area contributed by atoms with Gasteiger partial charge in [-0.2, -0.15) is 10.2 Å². The van der Waals surface area contributed by atoms with Gasteiger partial charge in [-0.3, -0.25) is 14.4 Å². The Balaban J connectivity index is 1.33. The Morgan fingerprint density at radius 2 is 2.15 bits per heavy atom. The van der Waals surface area contributed by atoms with E-state index >= 15 is 0 Å². The summed E-state index contributed by atoms with van der Waals surface area (Å²) < 4.78 is 3.65. The molecule has 0 bridgehead atoms. The van der Waals surface area contributed by atoms with Crippen molar-refractivity contribution in [2.24, 2.45) is 0 Å². The second kappa shape index (κ2) is 7.57. The van der Waals surface area contributed by atoms with Crippen molar-refractivity contribution < 1.29 is 4.79 Å². The highest BCUT2D eigenvalue weighted by molar-refractivity contribution is 5.79. The summed E-state index contributed by atoms with van der Waals surface area (Å²) in [6.45, 7) is 5.25. The van der Waals surface area contributed by atoms with E-state index in [1.54, 1.807) is 11.0 Å². The van der Waals surface area contributed by atoms with Crippen LogP contribution in [0.3, 0.4) is 0 Å². The number of hydrogen-bond acceptors (Lipinski definition) is 5. The predicted molar refractivity (Wildman–Crippen MR) is 96.1 cm³/mol. The largest absolute Gasteiger partial charge is 0.349 e. The van der Waals surface area contributed by atoms with Crippen LogP contribution in [-0.4, -0.2) is 47.9 Å². The van der Waals surface area contributed by atoms with Crippen LogP contribution in [0, 0.1) is 0 Å². The molecule has 8 heteroatoms. The summed E-state index contributed by atoms with van der Waals surface area (Å²) in [4.78, 5) is 18.8. The van der Waals surface area contributed by atoms with Gasteiger partial charge in [0.25, 0.3) is 0 Å². The molecule has 1 atom stereocenters. The maximum atomic E-state index is 12.3. The molecule has 2 aliphatic rings. The molecule has 2 aromatic heterocycles. The van der Waals surface area contributed by atoms with Crippen LogP contribution in [-0.2, 0) is 24.4 Å². The average molecular weight is 357 g/mol. The van der Waals surface area contributed by atoms with Crippen molar-refractivity contribution in [2.45, 2.75) is 70.7 Å². The van der Waals surface area contributed by atoms with Crippen LogP contribution in [0.5, 0.6) is 0 Å². The van der Waals surface area contributed by atoms with Gasteiger partial charge in [0.15, 0.2) is 0 Å². The van der Waals surface area contributed by atoms with Gasteiger partial charge < -0.3 is 5.32 Å². The first kappa shape index (κ1) is 17.2. The number of amides is 1. The van der Waals surface area contributed by atoms with Crippen molar-refractivity contribution >= 4 is 5.91 Å². The van der Waals surface area contributed by atoms with E-state index in [1.807, 2.05) is 6.92 Å². The number of nitrogens with one attached hydrogen (secondary N) is 1. The topological polar surface area (TPSA) is 80.9 Å². The maximum Gasteiger partial charge on any atom is 0.244 e. The van der Waals surface area contributed by atoms with E-state index in [-0.39, 0.29) is 11.9 Å². The second-order valence-electron chi connectivity index (χ2n) is 7.38. The zero-order valence-electron chi connectivity index (χ0n) is 15.3. The smallest absolute Gasteiger partial charge is 0.244 e. The third-order valence-corrected chi connectivity index (χ3v) is 5.63. The van der Waals surface area contributed by atoms with Crippen LogP contribution in [0.2, 0.25) is 0 Å². The van der Waals surface area contributed by atoms with Crippen molar-refractivity contribution in [1.29, 1.82) is 0 Å². The number of carbonyl (C=O) groups excluding carboxylic acids is 1. The van der Waals surface area contributed by atoms with Crippen molar-refractivity contribution in [3.05, 3.63) is 30.1 Å². The lowest BCUT2D eigenvalue weighted by atomic mass is 9.94. The van der Waals surface area contributed by atoms with E-state index in [0.29, 0.717) is 6.54 Å². The van der Waals surface area contributed by atoms with Gasteiger partial charge in [0, 0.05) is 19.1 Å². The predicted octanol–water partition coefficient (Wildman–Crippen LogP) is 1.50. The molecule has 0 radical (unpaired) electrons. The lowest BCUT2D eigenvalue weighted by molar-refractivity contribution is -0.124. The number of fused-ring (bicyclic) bond motifs is 1. The average Bonchev–Trinajstić information content (AvgIpc) is 3.35. The van der Waals surface area contributed by atoms with Gasteiger partial charge in [0.1, 0.15) is 18.7 Å². The van der Waals surface area contributed by atoms with Gasteiger partial charge in [0.2, 0.25) is 5.91 Å². The van der Waals surface area contributed by atoms with Crippen molar-refractivity contribution in [1.82, 2.24) is 34.8 Å². The van der Waals surface area contributed by atoms with Crippen LogP contribution in [0.25, 0.3) is 0 Å². The molecule has 0 saturated heterocycles. The molecule has 4 rings (SSSR count). The van der Waals surface area contributed by atoms with Gasteiger partial charge in [-0.1, -0.05) is 19.3 Å². The number of aromatic nitrogens is 5. The minimum atomic E-state index is -0.378. The summed E-state index contributed by atoms with van der Waals surface area (Å²) in [6.07, 6.45) is 9.77. The molecule has 1 fully saturated rings. The van der Waals surface area contributed by atoms with Gasteiger partial charge in [-0.25, -0.2) is 9.67 Å². The summed E-state index contributed by atoms with van der Waals surface area (Å²) in [5, 5.41) is 11.6. The van der Waals surface area contributed by atoms with Crippen LogP contribution < -0.4 is 5.32 Å². The summed E-state index contributed by atoms with van der Waals surface area (Å²) in [7, 11) is 0. The molecule has 26 heavy (non-hydrogen) atoms. The molecule has 1 saturated carbocycles. The molecule has 1 aliphatic heterocycles. The number of carbonyl (C=O) groups is 1. The molecule has 1 amide bonds. The monoisotopic (exact) mass is 357 g/mol. The fourth-order valence-corrected chi connectivity index (χ4v) is 4.05. The number of nitrogens with zero attached hydrogens (tertiary/aromatic N) is 6. The first-order valence-corrected chi connectivity index (χ1v) is 9.62. The Bertz CT molecular complexity index is 733. The highest BCUT2D eigenvalue weighted by Crippen LogP contribution is 2.26. The van der Waals surface area contributed by atoms with Crippen molar-refractivity contribution in [2.75, 3.05) is 6.54 Å². The van der Waals surface area contributed by atoms with Gasteiger partial charge in [-0.05, 0) is 25.8 Å². The number of hydrogen-bond donors (Lipinski definition) is 1. The van der Waals surface area contributed by atoms with Gasteiger partial charge in [-0.15, -0.1) is 0 Å². The Labute approximate surface area is 153 Å². The lowest BCUT2D eigenvalue weighted by Gasteiger charge is -2.36. The highest BCUT2D eigenvalue weighted by Gasteiger charge is 2.26. The molecule has 1 N–H and O–H groups in total. The quantitative estimate of drug-likeness (QED) is 0.877. The van der Waals surface area contributed by atoms with Gasteiger partial charge >= 0.3 is 0 Å². The van der Waals surface area contributed by atoms with E-state index in [4.69, 9.17) is 0 Å². The summed E-state index contributed by atoms with van der Waals surface area (Å²) in [5.41, 5.74) is 2.18. The number of rotatable bonds is 5. The molecule has 2 aromatic rings. The second-order valence-corrected chi connectivity index (χ2v) is 7.38. The maximum absolute atomic E-state index is 12.3. The zero-order valence-corrected chi connectivity index (χ0v) is 15.3. The summed E-state index contributed by atoms with van der Waals surface area (Å²) >= 11 is 0. The minimum Gasteiger partial charge on any atom is -0.349 e. The molecule has 0 unspecified atom stereocenters. The molecule has 0 aromatic carbocycles. The summed E-state index contributed by atoms with van der Waals surface area (Å²) in [5.74, 6) is -0.0784. The highest BCUT2D eigenvalue weighted by atomic mass is 16.2. The Morgan fingerprint density at radius 1 is 1.31 bits per heavy atom. The van der Waals surface area contributed by atoms with Crippen molar-refractivity contribution in [3.63, 3.8) is 0 Å². The Morgan fingerprint density at radius 3 is 2.92 bits per heavy atom. The van der Waals surface area contributed by atoms with E-state index in [0.717, 1.165) is 31.4 Å². The fourth-order valence-electron chi connectivity index (χ4n) is 4.05. The molecule has 140 valence electrons. The normalized spacial score (nSPS) is 19.9. The molecule has 3 heterocycles. The van der Waals surface area contributed by atoms with Crippen LogP contribution >= 0.6 is 0 Å². The van der Waals surface area contributed by atoms with Gasteiger partial charge in [0.05, 0.1) is 24.5 Å². The summed E-state index contributed by atoms with van der Waals surface area (Å²) in [6, 6.07) is 2.49. The molecular weight excluding hydrogens is 330 g/mol. The van der Waals surface area contributed by atoms with Crippen LogP contribution in [0.4, 0.5) is 0 Å². The third kappa shape index (κ3) is 3.65. The third-order valence-electron chi connectivity index (χ3n) is 5.63. The van der Waals surface area contributed by atoms with E-state index in [1.165, 1.54) is 44.1 Å². The van der Waals surface area contributed by atoms with E-state index in [9.17, 15) is 4.79 Å². The van der Waals surface area contributed by atoms with Crippen LogP contribution in [0.15, 0.2) is 18.7 Å². The molecule has 0 spiro atoms. The Hall–Kier alpha value is -2.22. The molecule has 1 aliphatic carbocycles. The fraction of sp³-hybridized carbons (Fsp3) is 0.667. The lowest BCUT2D eigenvalue weighted by Crippen LogP contribution is -2.42. The molecular formula is C18H27N7O. The van der Waals surface area contributed by atoms with E-state index < -0.39 is 0 Å². The standard InChI is InChI=1S/C18H27N7O/c1-14(25-13-19-12-21-25)18(26)20-10-15-9-17-11-23(7-8-24(17)22-15)16-5-3-2-4-6-16/h9,12-14,16H,2-8,10-11H2,1H3,(H,20,26)/t14-/m1/s1. The van der Waals surface area contributed by atoms with Crippen molar-refractivity contribution in [3.8, 4) is 0 Å². The first-order chi connectivity index (χ1) is 12.7.